The third kappa shape index (κ3) is 7.13. The molecule has 2 aromatic carbocycles. The van der Waals surface area contributed by atoms with Gasteiger partial charge in [0.15, 0.2) is 33.0 Å². The number of hydrogen-bond donors (Lipinski definition) is 0. The minimum atomic E-state index is -2.16. The van der Waals surface area contributed by atoms with Crippen LogP contribution in [0.1, 0.15) is 38.2 Å². The molecule has 1 unspecified atom stereocenters. The number of fused-ring (bicyclic) bond motifs is 2. The number of benzene rings is 2. The first-order valence-electron chi connectivity index (χ1n) is 15.5. The average molecular weight is 631 g/mol. The Kier molecular flexibility index (Phi) is 9.64. The van der Waals surface area contributed by atoms with E-state index in [0.29, 0.717) is 13.2 Å². The molecule has 4 heterocycles. The Morgan fingerprint density at radius 2 is 1.48 bits per heavy atom. The SMILES string of the molecule is CO[C@@H]1O[C@@H](C)[C@H](O[C@@H]2O[C@@H]3COC(c4ccccc4)O[C@H]3[C@H](OCc3ccccc3)[C@@H]2O[Si](C)(C)C)[C@H]2OC(C)(C)O[C@@H]12. The van der Waals surface area contributed by atoms with Gasteiger partial charge in [0.05, 0.1) is 19.3 Å². The summed E-state index contributed by atoms with van der Waals surface area (Å²) >= 11 is 0. The maximum absolute atomic E-state index is 6.86. The number of methoxy groups -OCH3 is 1. The zero-order valence-corrected chi connectivity index (χ0v) is 27.6. The molecule has 0 saturated carbocycles. The van der Waals surface area contributed by atoms with Crippen LogP contribution in [0, 0.1) is 0 Å². The van der Waals surface area contributed by atoms with Gasteiger partial charge in [-0.3, -0.25) is 0 Å². The molecular formula is C33H46O10Si. The van der Waals surface area contributed by atoms with Crippen molar-refractivity contribution in [2.24, 2.45) is 0 Å². The number of ether oxygens (including phenoxy) is 9. The monoisotopic (exact) mass is 630 g/mol. The van der Waals surface area contributed by atoms with Crippen LogP contribution in [0.2, 0.25) is 19.6 Å². The van der Waals surface area contributed by atoms with E-state index in [-0.39, 0.29) is 6.10 Å². The van der Waals surface area contributed by atoms with E-state index in [0.717, 1.165) is 11.1 Å². The maximum atomic E-state index is 6.86. The Hall–Kier alpha value is -1.74. The van der Waals surface area contributed by atoms with Crippen LogP contribution in [-0.4, -0.2) is 89.2 Å². The van der Waals surface area contributed by atoms with Gasteiger partial charge in [0.2, 0.25) is 0 Å². The molecule has 0 aliphatic carbocycles. The first kappa shape index (κ1) is 32.2. The fraction of sp³-hybridized carbons (Fsp3) is 0.636. The predicted molar refractivity (Wildman–Crippen MR) is 162 cm³/mol. The Balaban J connectivity index is 1.31. The molecule has 0 aromatic heterocycles. The highest BCUT2D eigenvalue weighted by molar-refractivity contribution is 6.69. The molecule has 4 fully saturated rings. The van der Waals surface area contributed by atoms with Crippen molar-refractivity contribution in [3.8, 4) is 0 Å². The van der Waals surface area contributed by atoms with E-state index < -0.39 is 75.7 Å². The van der Waals surface area contributed by atoms with Gasteiger partial charge in [-0.1, -0.05) is 60.7 Å². The molecule has 242 valence electrons. The molecule has 6 rings (SSSR count). The Morgan fingerprint density at radius 3 is 2.16 bits per heavy atom. The summed E-state index contributed by atoms with van der Waals surface area (Å²) in [7, 11) is -0.553. The molecule has 0 amide bonds. The maximum Gasteiger partial charge on any atom is 0.186 e. The summed E-state index contributed by atoms with van der Waals surface area (Å²) in [6.45, 7) is 12.8. The van der Waals surface area contributed by atoms with Gasteiger partial charge in [0, 0.05) is 12.7 Å². The molecule has 0 spiro atoms. The highest BCUT2D eigenvalue weighted by Crippen LogP contribution is 2.42. The summed E-state index contributed by atoms with van der Waals surface area (Å²) in [4.78, 5) is 0. The highest BCUT2D eigenvalue weighted by atomic mass is 28.4. The summed E-state index contributed by atoms with van der Waals surface area (Å²) in [5, 5.41) is 0. The second-order valence-electron chi connectivity index (χ2n) is 13.3. The third-order valence-corrected chi connectivity index (χ3v) is 9.20. The molecule has 0 bridgehead atoms. The van der Waals surface area contributed by atoms with E-state index in [4.69, 9.17) is 47.1 Å². The molecule has 4 saturated heterocycles. The quantitative estimate of drug-likeness (QED) is 0.356. The first-order valence-corrected chi connectivity index (χ1v) is 18.9. The lowest BCUT2D eigenvalue weighted by Crippen LogP contribution is -2.67. The van der Waals surface area contributed by atoms with Gasteiger partial charge in [0.1, 0.15) is 42.7 Å². The van der Waals surface area contributed by atoms with E-state index >= 15 is 0 Å². The summed E-state index contributed by atoms with van der Waals surface area (Å²) in [5.41, 5.74) is 1.98. The summed E-state index contributed by atoms with van der Waals surface area (Å²) in [6, 6.07) is 20.0. The fourth-order valence-corrected chi connectivity index (χ4v) is 7.44. The molecule has 0 radical (unpaired) electrons. The van der Waals surface area contributed by atoms with Crippen LogP contribution >= 0.6 is 0 Å². The fourth-order valence-electron chi connectivity index (χ4n) is 6.37. The molecular weight excluding hydrogens is 584 g/mol. The topological polar surface area (TPSA) is 92.3 Å². The minimum absolute atomic E-state index is 0.302. The van der Waals surface area contributed by atoms with Crippen molar-refractivity contribution in [2.75, 3.05) is 13.7 Å². The minimum Gasteiger partial charge on any atom is -0.407 e. The van der Waals surface area contributed by atoms with Gasteiger partial charge < -0.3 is 47.1 Å². The molecule has 10 nitrogen and oxygen atoms in total. The highest BCUT2D eigenvalue weighted by Gasteiger charge is 2.58. The van der Waals surface area contributed by atoms with Crippen molar-refractivity contribution >= 4 is 8.32 Å². The van der Waals surface area contributed by atoms with Crippen molar-refractivity contribution in [2.45, 2.75) is 121 Å². The number of hydrogen-bond acceptors (Lipinski definition) is 10. The normalized spacial score (nSPS) is 38.6. The Bertz CT molecular complexity index is 1210. The average Bonchev–Trinajstić information content (AvgIpc) is 3.33. The second kappa shape index (κ2) is 13.2. The third-order valence-electron chi connectivity index (χ3n) is 8.22. The van der Waals surface area contributed by atoms with E-state index in [1.54, 1.807) is 7.11 Å². The predicted octanol–water partition coefficient (Wildman–Crippen LogP) is 4.93. The van der Waals surface area contributed by atoms with Crippen LogP contribution < -0.4 is 0 Å². The van der Waals surface area contributed by atoms with Gasteiger partial charge in [0.25, 0.3) is 0 Å². The molecule has 11 atom stereocenters. The van der Waals surface area contributed by atoms with Gasteiger partial charge in [-0.15, -0.1) is 0 Å². The summed E-state index contributed by atoms with van der Waals surface area (Å²) in [6.07, 6.45) is -5.80. The van der Waals surface area contributed by atoms with Crippen LogP contribution in [-0.2, 0) is 53.7 Å². The lowest BCUT2D eigenvalue weighted by molar-refractivity contribution is -0.381. The van der Waals surface area contributed by atoms with Gasteiger partial charge >= 0.3 is 0 Å². The van der Waals surface area contributed by atoms with Crippen LogP contribution in [0.3, 0.4) is 0 Å². The summed E-state index contributed by atoms with van der Waals surface area (Å²) < 4.78 is 64.3. The van der Waals surface area contributed by atoms with Crippen LogP contribution in [0.5, 0.6) is 0 Å². The molecule has 0 N–H and O–H groups in total. The van der Waals surface area contributed by atoms with Crippen LogP contribution in [0.4, 0.5) is 0 Å². The second-order valence-corrected chi connectivity index (χ2v) is 17.7. The van der Waals surface area contributed by atoms with E-state index in [2.05, 4.69) is 19.6 Å². The van der Waals surface area contributed by atoms with Gasteiger partial charge in [-0.05, 0) is 46.0 Å². The standard InChI is InChI=1S/C33H46O10Si/c1-20-24(27-28(31(34-4)37-20)42-33(2,3)41-27)39-32-29(43-44(5,6)7)26(35-18-21-14-10-8-11-15-21)25-23(38-32)19-36-30(40-25)22-16-12-9-13-17-22/h8-17,20,23-32H,18-19H2,1-7H3/t20-,23+,24-,25+,26-,27+,28+,29-,30?,31+,32-/m0/s1. The van der Waals surface area contributed by atoms with Crippen molar-refractivity contribution in [1.29, 1.82) is 0 Å². The smallest absolute Gasteiger partial charge is 0.186 e. The largest absolute Gasteiger partial charge is 0.407 e. The zero-order valence-electron chi connectivity index (χ0n) is 26.6. The van der Waals surface area contributed by atoms with Crippen molar-refractivity contribution in [3.05, 3.63) is 71.8 Å². The molecule has 44 heavy (non-hydrogen) atoms. The van der Waals surface area contributed by atoms with Crippen LogP contribution in [0.25, 0.3) is 0 Å². The summed E-state index contributed by atoms with van der Waals surface area (Å²) in [5.74, 6) is -0.827. The van der Waals surface area contributed by atoms with Gasteiger partial charge in [-0.25, -0.2) is 0 Å². The van der Waals surface area contributed by atoms with E-state index in [1.165, 1.54) is 0 Å². The lowest BCUT2D eigenvalue weighted by Gasteiger charge is -2.51. The Morgan fingerprint density at radius 1 is 0.795 bits per heavy atom. The molecule has 4 aliphatic rings. The Labute approximate surface area is 261 Å². The van der Waals surface area contributed by atoms with Gasteiger partial charge in [-0.2, -0.15) is 0 Å². The first-order chi connectivity index (χ1) is 21.0. The molecule has 4 aliphatic heterocycles. The molecule has 11 heteroatoms. The van der Waals surface area contributed by atoms with Crippen molar-refractivity contribution in [3.63, 3.8) is 0 Å². The van der Waals surface area contributed by atoms with Crippen molar-refractivity contribution in [1.82, 2.24) is 0 Å². The lowest BCUT2D eigenvalue weighted by atomic mass is 9.96. The zero-order chi connectivity index (χ0) is 31.1. The van der Waals surface area contributed by atoms with E-state index in [9.17, 15) is 0 Å². The van der Waals surface area contributed by atoms with Crippen molar-refractivity contribution < 1.29 is 47.1 Å². The number of rotatable bonds is 9. The van der Waals surface area contributed by atoms with E-state index in [1.807, 2.05) is 81.4 Å². The molecule has 2 aromatic rings. The van der Waals surface area contributed by atoms with Crippen LogP contribution in [0.15, 0.2) is 60.7 Å².